The van der Waals surface area contributed by atoms with Crippen LogP contribution in [0.2, 0.25) is 0 Å². The van der Waals surface area contributed by atoms with E-state index in [-0.39, 0.29) is 0 Å². The molecule has 0 heterocycles. The predicted molar refractivity (Wildman–Crippen MR) is 94.9 cm³/mol. The molecule has 0 fully saturated rings. The lowest BCUT2D eigenvalue weighted by molar-refractivity contribution is 0.0435. The van der Waals surface area contributed by atoms with Crippen LogP contribution >= 0.6 is 0 Å². The van der Waals surface area contributed by atoms with Gasteiger partial charge in [-0.15, -0.1) is 0 Å². The molecule has 2 aromatic carbocycles. The first-order valence-electron chi connectivity index (χ1n) is 8.19. The Bertz CT molecular complexity index is 601. The Hall–Kier alpha value is -2.20. The van der Waals surface area contributed by atoms with Gasteiger partial charge in [0.15, 0.2) is 0 Å². The fraction of sp³-hybridized carbons (Fsp3) is 0.400. The van der Waals surface area contributed by atoms with E-state index in [1.54, 1.807) is 20.3 Å². The van der Waals surface area contributed by atoms with E-state index in [4.69, 9.17) is 14.2 Å². The van der Waals surface area contributed by atoms with Crippen LogP contribution in [0.4, 0.5) is 0 Å². The topological polar surface area (TPSA) is 47.9 Å². The molecule has 0 aliphatic rings. The highest BCUT2D eigenvalue weighted by molar-refractivity contribution is 5.40. The molecule has 1 atom stereocenters. The lowest BCUT2D eigenvalue weighted by Crippen LogP contribution is -2.21. The van der Waals surface area contributed by atoms with Crippen molar-refractivity contribution in [1.82, 2.24) is 0 Å². The molecule has 0 spiro atoms. The third kappa shape index (κ3) is 5.17. The molecule has 2 rings (SSSR count). The van der Waals surface area contributed by atoms with E-state index >= 15 is 0 Å². The molecule has 24 heavy (non-hydrogen) atoms. The summed E-state index contributed by atoms with van der Waals surface area (Å²) in [5, 5.41) is 10.8. The quantitative estimate of drug-likeness (QED) is 0.701. The van der Waals surface area contributed by atoms with Crippen LogP contribution in [0.3, 0.4) is 0 Å². The second kappa shape index (κ2) is 8.60. The third-order valence-electron chi connectivity index (χ3n) is 4.04. The van der Waals surface area contributed by atoms with Crippen LogP contribution in [-0.4, -0.2) is 25.9 Å². The van der Waals surface area contributed by atoms with Crippen molar-refractivity contribution >= 4 is 0 Å². The number of aliphatic hydroxyl groups is 1. The Kier molecular flexibility index (Phi) is 6.50. The van der Waals surface area contributed by atoms with Crippen molar-refractivity contribution in [3.8, 4) is 17.2 Å². The number of methoxy groups -OCH3 is 2. The lowest BCUT2D eigenvalue weighted by Gasteiger charge is -2.25. The SMILES string of the molecule is COc1cc(OC)cc(C(C)(O)CCCCOc2ccccc2)c1. The Morgan fingerprint density at radius 1 is 0.875 bits per heavy atom. The van der Waals surface area contributed by atoms with E-state index in [2.05, 4.69) is 0 Å². The molecule has 0 bridgehead atoms. The summed E-state index contributed by atoms with van der Waals surface area (Å²) in [5.74, 6) is 2.23. The second-order valence-electron chi connectivity index (χ2n) is 5.99. The fourth-order valence-electron chi connectivity index (χ4n) is 2.54. The van der Waals surface area contributed by atoms with Crippen LogP contribution in [0.5, 0.6) is 17.2 Å². The number of ether oxygens (including phenoxy) is 3. The van der Waals surface area contributed by atoms with Gasteiger partial charge in [0.2, 0.25) is 0 Å². The fourth-order valence-corrected chi connectivity index (χ4v) is 2.54. The van der Waals surface area contributed by atoms with Crippen LogP contribution in [0.1, 0.15) is 31.7 Å². The summed E-state index contributed by atoms with van der Waals surface area (Å²) < 4.78 is 16.2. The minimum Gasteiger partial charge on any atom is -0.497 e. The minimum absolute atomic E-state index is 0.640. The van der Waals surface area contributed by atoms with Gasteiger partial charge in [-0.25, -0.2) is 0 Å². The molecule has 0 aliphatic carbocycles. The van der Waals surface area contributed by atoms with Crippen molar-refractivity contribution in [1.29, 1.82) is 0 Å². The molecule has 2 aromatic rings. The monoisotopic (exact) mass is 330 g/mol. The highest BCUT2D eigenvalue weighted by atomic mass is 16.5. The predicted octanol–water partition coefficient (Wildman–Crippen LogP) is 4.16. The van der Waals surface area contributed by atoms with Crippen molar-refractivity contribution in [2.24, 2.45) is 0 Å². The maximum absolute atomic E-state index is 10.8. The Morgan fingerprint density at radius 3 is 2.08 bits per heavy atom. The standard InChI is InChI=1S/C20H26O4/c1-20(21,16-13-18(22-2)15-19(14-16)23-3)11-7-8-12-24-17-9-5-4-6-10-17/h4-6,9-10,13-15,21H,7-8,11-12H2,1-3H3. The summed E-state index contributed by atoms with van der Waals surface area (Å²) in [7, 11) is 3.21. The van der Waals surface area contributed by atoms with Crippen LogP contribution in [0.15, 0.2) is 48.5 Å². The first-order chi connectivity index (χ1) is 11.5. The van der Waals surface area contributed by atoms with Gasteiger partial charge in [0, 0.05) is 6.07 Å². The van der Waals surface area contributed by atoms with Crippen molar-refractivity contribution in [3.05, 3.63) is 54.1 Å². The van der Waals surface area contributed by atoms with E-state index in [1.807, 2.05) is 49.4 Å². The number of para-hydroxylation sites is 1. The summed E-state index contributed by atoms with van der Waals surface area (Å²) in [4.78, 5) is 0. The van der Waals surface area contributed by atoms with Gasteiger partial charge in [-0.3, -0.25) is 0 Å². The van der Waals surface area contributed by atoms with Gasteiger partial charge in [0.05, 0.1) is 26.4 Å². The van der Waals surface area contributed by atoms with E-state index in [0.717, 1.165) is 24.2 Å². The van der Waals surface area contributed by atoms with Crippen molar-refractivity contribution in [3.63, 3.8) is 0 Å². The Balaban J connectivity index is 1.86. The average Bonchev–Trinajstić information content (AvgIpc) is 2.61. The van der Waals surface area contributed by atoms with E-state index < -0.39 is 5.60 Å². The maximum atomic E-state index is 10.8. The van der Waals surface area contributed by atoms with E-state index in [9.17, 15) is 5.11 Å². The third-order valence-corrected chi connectivity index (χ3v) is 4.04. The van der Waals surface area contributed by atoms with Crippen LogP contribution in [-0.2, 0) is 5.60 Å². The largest absolute Gasteiger partial charge is 0.497 e. The van der Waals surface area contributed by atoms with Gasteiger partial charge >= 0.3 is 0 Å². The number of unbranched alkanes of at least 4 members (excludes halogenated alkanes) is 1. The van der Waals surface area contributed by atoms with Gasteiger partial charge in [-0.1, -0.05) is 18.2 Å². The van der Waals surface area contributed by atoms with Crippen molar-refractivity contribution < 1.29 is 19.3 Å². The van der Waals surface area contributed by atoms with Gasteiger partial charge in [-0.05, 0) is 56.0 Å². The zero-order valence-corrected chi connectivity index (χ0v) is 14.6. The molecule has 4 nitrogen and oxygen atoms in total. The molecule has 0 radical (unpaired) electrons. The molecular weight excluding hydrogens is 304 g/mol. The van der Waals surface area contributed by atoms with Gasteiger partial charge < -0.3 is 19.3 Å². The summed E-state index contributed by atoms with van der Waals surface area (Å²) >= 11 is 0. The number of benzene rings is 2. The summed E-state index contributed by atoms with van der Waals surface area (Å²) in [5.41, 5.74) is -0.142. The van der Waals surface area contributed by atoms with E-state index in [0.29, 0.717) is 24.5 Å². The number of rotatable bonds is 9. The smallest absolute Gasteiger partial charge is 0.122 e. The summed E-state index contributed by atoms with van der Waals surface area (Å²) in [6.07, 6.45) is 2.38. The molecule has 0 aromatic heterocycles. The van der Waals surface area contributed by atoms with Gasteiger partial charge in [0.1, 0.15) is 17.2 Å². The molecule has 0 saturated carbocycles. The van der Waals surface area contributed by atoms with Crippen molar-refractivity contribution in [2.45, 2.75) is 31.8 Å². The van der Waals surface area contributed by atoms with Crippen LogP contribution < -0.4 is 14.2 Å². The minimum atomic E-state index is -0.936. The summed E-state index contributed by atoms with van der Waals surface area (Å²) in [6.45, 7) is 2.46. The molecule has 0 saturated heterocycles. The maximum Gasteiger partial charge on any atom is 0.122 e. The lowest BCUT2D eigenvalue weighted by atomic mass is 9.90. The zero-order valence-electron chi connectivity index (χ0n) is 14.6. The van der Waals surface area contributed by atoms with Crippen LogP contribution in [0.25, 0.3) is 0 Å². The highest BCUT2D eigenvalue weighted by Gasteiger charge is 2.24. The zero-order chi connectivity index (χ0) is 17.4. The number of hydrogen-bond acceptors (Lipinski definition) is 4. The normalized spacial score (nSPS) is 13.2. The average molecular weight is 330 g/mol. The first-order valence-corrected chi connectivity index (χ1v) is 8.19. The molecule has 1 unspecified atom stereocenters. The second-order valence-corrected chi connectivity index (χ2v) is 5.99. The highest BCUT2D eigenvalue weighted by Crippen LogP contribution is 2.32. The summed E-state index contributed by atoms with van der Waals surface area (Å²) in [6, 6.07) is 15.3. The van der Waals surface area contributed by atoms with Gasteiger partial charge in [0.25, 0.3) is 0 Å². The van der Waals surface area contributed by atoms with E-state index in [1.165, 1.54) is 0 Å². The van der Waals surface area contributed by atoms with Gasteiger partial charge in [-0.2, -0.15) is 0 Å². The molecule has 0 aliphatic heterocycles. The molecule has 0 amide bonds. The molecular formula is C20H26O4. The molecule has 4 heteroatoms. The number of hydrogen-bond donors (Lipinski definition) is 1. The van der Waals surface area contributed by atoms with Crippen LogP contribution in [0, 0.1) is 0 Å². The molecule has 1 N–H and O–H groups in total. The first kappa shape index (κ1) is 18.1. The Morgan fingerprint density at radius 2 is 1.50 bits per heavy atom. The molecule has 130 valence electrons. The van der Waals surface area contributed by atoms with Crippen molar-refractivity contribution in [2.75, 3.05) is 20.8 Å². The Labute approximate surface area is 144 Å².